The third kappa shape index (κ3) is 1.48. The molecule has 2 rings (SSSR count). The molecule has 0 aromatic carbocycles. The molecule has 1 aliphatic carbocycles. The molecule has 3 heteroatoms. The van der Waals surface area contributed by atoms with Gasteiger partial charge in [-0.25, -0.2) is 0 Å². The summed E-state index contributed by atoms with van der Waals surface area (Å²) in [6.45, 7) is 2.16. The Morgan fingerprint density at radius 2 is 1.64 bits per heavy atom. The van der Waals surface area contributed by atoms with Gasteiger partial charge in [0.25, 0.3) is 0 Å². The number of thiocarbonyl (C=S) groups is 1. The molecule has 0 atom stereocenters. The van der Waals surface area contributed by atoms with Crippen LogP contribution in [-0.2, 0) is 0 Å². The maximum absolute atomic E-state index is 5.32. The molecule has 2 nitrogen and oxygen atoms in total. The minimum absolute atomic E-state index is 0.933. The van der Waals surface area contributed by atoms with Crippen LogP contribution in [0.3, 0.4) is 0 Å². The lowest BCUT2D eigenvalue weighted by atomic mass is 10.1. The molecule has 1 aliphatic heterocycles. The predicted molar refractivity (Wildman–Crippen MR) is 63.2 cm³/mol. The average molecular weight is 206 g/mol. The van der Waals surface area contributed by atoms with E-state index >= 15 is 0 Å². The first kappa shape index (κ1) is 9.46. The molecule has 1 saturated heterocycles. The summed E-state index contributed by atoms with van der Waals surface area (Å²) in [7, 11) is 4.22. The van der Waals surface area contributed by atoms with Crippen molar-refractivity contribution in [1.29, 1.82) is 0 Å². The van der Waals surface area contributed by atoms with E-state index in [1.54, 1.807) is 0 Å². The Balaban J connectivity index is 2.43. The molecule has 0 radical (unpaired) electrons. The Morgan fingerprint density at radius 3 is 2.21 bits per heavy atom. The molecule has 14 heavy (non-hydrogen) atoms. The first-order valence-corrected chi connectivity index (χ1v) is 5.16. The fourth-order valence-electron chi connectivity index (χ4n) is 1.87. The standard InChI is InChI=1S/C11H14N2S/c1-12-7-8-13(2)11(12)9-5-3-4-6-10(9)14/h3-6H,7-8H2,1-2H3. The highest BCUT2D eigenvalue weighted by molar-refractivity contribution is 7.81. The molecule has 1 fully saturated rings. The lowest BCUT2D eigenvalue weighted by molar-refractivity contribution is 0.420. The Hall–Kier alpha value is -1.09. The number of rotatable bonds is 0. The van der Waals surface area contributed by atoms with Crippen molar-refractivity contribution in [3.05, 3.63) is 35.7 Å². The smallest absolute Gasteiger partial charge is 0.112 e. The monoisotopic (exact) mass is 206 g/mol. The third-order valence-electron chi connectivity index (χ3n) is 2.62. The highest BCUT2D eigenvalue weighted by Gasteiger charge is 2.22. The van der Waals surface area contributed by atoms with E-state index in [-0.39, 0.29) is 0 Å². The van der Waals surface area contributed by atoms with Crippen molar-refractivity contribution in [2.45, 2.75) is 0 Å². The summed E-state index contributed by atoms with van der Waals surface area (Å²) in [5.41, 5.74) is 1.17. The summed E-state index contributed by atoms with van der Waals surface area (Å²) in [5, 5.41) is 0. The maximum atomic E-state index is 5.32. The van der Waals surface area contributed by atoms with Crippen LogP contribution in [0.25, 0.3) is 0 Å². The second-order valence-electron chi connectivity index (χ2n) is 3.66. The lowest BCUT2D eigenvalue weighted by Crippen LogP contribution is -2.21. The van der Waals surface area contributed by atoms with Crippen molar-refractivity contribution < 1.29 is 0 Å². The fourth-order valence-corrected chi connectivity index (χ4v) is 2.10. The molecular weight excluding hydrogens is 192 g/mol. The Kier molecular flexibility index (Phi) is 2.42. The van der Waals surface area contributed by atoms with Gasteiger partial charge in [0.1, 0.15) is 5.82 Å². The van der Waals surface area contributed by atoms with Gasteiger partial charge in [-0.2, -0.15) is 0 Å². The number of nitrogens with zero attached hydrogens (tertiary/aromatic N) is 2. The molecule has 0 aromatic heterocycles. The van der Waals surface area contributed by atoms with E-state index in [0.717, 1.165) is 18.0 Å². The molecule has 0 spiro atoms. The van der Waals surface area contributed by atoms with Gasteiger partial charge in [0.05, 0.1) is 0 Å². The van der Waals surface area contributed by atoms with Gasteiger partial charge in [-0.15, -0.1) is 0 Å². The molecule has 0 amide bonds. The topological polar surface area (TPSA) is 6.48 Å². The maximum Gasteiger partial charge on any atom is 0.112 e. The normalized spacial score (nSPS) is 21.4. The largest absolute Gasteiger partial charge is 0.359 e. The molecule has 74 valence electrons. The first-order chi connectivity index (χ1) is 6.70. The minimum atomic E-state index is 0.933. The second kappa shape index (κ2) is 3.58. The van der Waals surface area contributed by atoms with E-state index in [1.165, 1.54) is 11.4 Å². The molecule has 0 unspecified atom stereocenters. The van der Waals surface area contributed by atoms with E-state index in [2.05, 4.69) is 30.0 Å². The number of allylic oxidation sites excluding steroid dienone is 5. The van der Waals surface area contributed by atoms with E-state index in [4.69, 9.17) is 12.2 Å². The summed E-state index contributed by atoms with van der Waals surface area (Å²) < 4.78 is 0. The van der Waals surface area contributed by atoms with Crippen LogP contribution in [0.1, 0.15) is 0 Å². The van der Waals surface area contributed by atoms with Crippen LogP contribution in [0.15, 0.2) is 35.7 Å². The third-order valence-corrected chi connectivity index (χ3v) is 2.98. The molecule has 1 heterocycles. The Bertz CT molecular complexity index is 340. The second-order valence-corrected chi connectivity index (χ2v) is 4.10. The quantitative estimate of drug-likeness (QED) is 0.439. The minimum Gasteiger partial charge on any atom is -0.359 e. The zero-order chi connectivity index (χ0) is 10.1. The molecule has 0 aromatic rings. The van der Waals surface area contributed by atoms with E-state index in [1.807, 2.05) is 18.2 Å². The van der Waals surface area contributed by atoms with Crippen molar-refractivity contribution in [3.8, 4) is 0 Å². The molecule has 2 aliphatic rings. The summed E-state index contributed by atoms with van der Waals surface area (Å²) >= 11 is 5.32. The van der Waals surface area contributed by atoms with Crippen LogP contribution in [0, 0.1) is 0 Å². The highest BCUT2D eigenvalue weighted by atomic mass is 32.1. The first-order valence-electron chi connectivity index (χ1n) is 4.76. The summed E-state index contributed by atoms with van der Waals surface area (Å²) in [4.78, 5) is 5.44. The molecular formula is C11H14N2S. The zero-order valence-electron chi connectivity index (χ0n) is 8.53. The van der Waals surface area contributed by atoms with E-state index < -0.39 is 0 Å². The van der Waals surface area contributed by atoms with Gasteiger partial charge in [-0.05, 0) is 12.2 Å². The number of likely N-dealkylation sites (N-methyl/N-ethyl adjacent to an activating group) is 2. The SMILES string of the molecule is CN1CCN(C)C1=C1C=CC=CC1=S. The summed E-state index contributed by atoms with van der Waals surface area (Å²) in [6, 6.07) is 0. The van der Waals surface area contributed by atoms with Gasteiger partial charge in [0.15, 0.2) is 0 Å². The fraction of sp³-hybridized carbons (Fsp3) is 0.364. The molecule has 0 N–H and O–H groups in total. The molecule has 0 saturated carbocycles. The van der Waals surface area contributed by atoms with Gasteiger partial charge in [-0.1, -0.05) is 24.4 Å². The Labute approximate surface area is 90.2 Å². The summed E-state index contributed by atoms with van der Waals surface area (Å²) in [6.07, 6.45) is 8.10. The van der Waals surface area contributed by atoms with Crippen molar-refractivity contribution in [3.63, 3.8) is 0 Å². The predicted octanol–water partition coefficient (Wildman–Crippen LogP) is 1.57. The van der Waals surface area contributed by atoms with E-state index in [9.17, 15) is 0 Å². The van der Waals surface area contributed by atoms with Gasteiger partial charge >= 0.3 is 0 Å². The lowest BCUT2D eigenvalue weighted by Gasteiger charge is -2.21. The van der Waals surface area contributed by atoms with Gasteiger partial charge in [-0.3, -0.25) is 0 Å². The summed E-state index contributed by atoms with van der Waals surface area (Å²) in [5.74, 6) is 1.25. The van der Waals surface area contributed by atoms with Gasteiger partial charge < -0.3 is 9.80 Å². The Morgan fingerprint density at radius 1 is 1.07 bits per heavy atom. The molecule has 0 bridgehead atoms. The van der Waals surface area contributed by atoms with Crippen LogP contribution < -0.4 is 0 Å². The van der Waals surface area contributed by atoms with Crippen molar-refractivity contribution in [2.24, 2.45) is 0 Å². The highest BCUT2D eigenvalue weighted by Crippen LogP contribution is 2.22. The van der Waals surface area contributed by atoms with Crippen LogP contribution in [0.2, 0.25) is 0 Å². The van der Waals surface area contributed by atoms with Crippen LogP contribution in [0.5, 0.6) is 0 Å². The number of hydrogen-bond donors (Lipinski definition) is 0. The van der Waals surface area contributed by atoms with Crippen LogP contribution in [-0.4, -0.2) is 41.8 Å². The average Bonchev–Trinajstić information content (AvgIpc) is 2.48. The van der Waals surface area contributed by atoms with Crippen LogP contribution >= 0.6 is 12.2 Å². The zero-order valence-corrected chi connectivity index (χ0v) is 9.34. The van der Waals surface area contributed by atoms with Crippen molar-refractivity contribution in [1.82, 2.24) is 9.80 Å². The number of hydrogen-bond acceptors (Lipinski definition) is 3. The van der Waals surface area contributed by atoms with Crippen molar-refractivity contribution >= 4 is 17.1 Å². The van der Waals surface area contributed by atoms with Gasteiger partial charge in [0.2, 0.25) is 0 Å². The van der Waals surface area contributed by atoms with Gasteiger partial charge in [0, 0.05) is 37.6 Å². The van der Waals surface area contributed by atoms with Crippen molar-refractivity contribution in [2.75, 3.05) is 27.2 Å². The van der Waals surface area contributed by atoms with E-state index in [0.29, 0.717) is 0 Å². The van der Waals surface area contributed by atoms with Crippen LogP contribution in [0.4, 0.5) is 0 Å².